The van der Waals surface area contributed by atoms with E-state index in [0.29, 0.717) is 42.9 Å². The Hall–Kier alpha value is -2.22. The summed E-state index contributed by atoms with van der Waals surface area (Å²) in [7, 11) is 0. The van der Waals surface area contributed by atoms with Crippen molar-refractivity contribution in [1.82, 2.24) is 25.2 Å². The number of amides is 1. The molecule has 2 aromatic heterocycles. The van der Waals surface area contributed by atoms with Gasteiger partial charge in [0.2, 0.25) is 17.5 Å². The molecule has 0 aromatic carbocycles. The summed E-state index contributed by atoms with van der Waals surface area (Å²) >= 11 is 0. The molecule has 0 aliphatic carbocycles. The lowest BCUT2D eigenvalue weighted by molar-refractivity contribution is 0.0578. The molecule has 0 unspecified atom stereocenters. The van der Waals surface area contributed by atoms with Gasteiger partial charge >= 0.3 is 0 Å². The number of piperazine rings is 1. The van der Waals surface area contributed by atoms with Crippen LogP contribution in [0.3, 0.4) is 0 Å². The van der Waals surface area contributed by atoms with E-state index in [4.69, 9.17) is 8.94 Å². The van der Waals surface area contributed by atoms with E-state index >= 15 is 0 Å². The third-order valence-electron chi connectivity index (χ3n) is 3.67. The number of hydrogen-bond donors (Lipinski definition) is 0. The fourth-order valence-electron chi connectivity index (χ4n) is 2.42. The van der Waals surface area contributed by atoms with Crippen molar-refractivity contribution in [2.24, 2.45) is 0 Å². The van der Waals surface area contributed by atoms with Crippen LogP contribution in [-0.4, -0.2) is 57.2 Å². The largest absolute Gasteiger partial charge is 0.424 e. The first-order valence-corrected chi connectivity index (χ1v) is 7.42. The third kappa shape index (κ3) is 3.16. The zero-order valence-corrected chi connectivity index (χ0v) is 12.8. The standard InChI is InChI=1S/C14H19N5O3/c1-3-12-15-16-13(21-12)9-18-4-6-19(7-5-18)14(20)11-8-10(2)17-22-11/h8H,3-7,9H2,1-2H3. The molecule has 1 aliphatic heterocycles. The highest BCUT2D eigenvalue weighted by Crippen LogP contribution is 2.12. The lowest BCUT2D eigenvalue weighted by Crippen LogP contribution is -2.48. The summed E-state index contributed by atoms with van der Waals surface area (Å²) in [5.74, 6) is 1.48. The second kappa shape index (κ2) is 6.27. The predicted octanol–water partition coefficient (Wildman–Crippen LogP) is 0.886. The van der Waals surface area contributed by atoms with Crippen LogP contribution in [0, 0.1) is 6.92 Å². The molecule has 1 amide bonds. The van der Waals surface area contributed by atoms with E-state index in [1.165, 1.54) is 0 Å². The Morgan fingerprint density at radius 3 is 2.55 bits per heavy atom. The number of aryl methyl sites for hydroxylation is 2. The first kappa shape index (κ1) is 14.7. The highest BCUT2D eigenvalue weighted by molar-refractivity contribution is 5.91. The molecule has 0 bridgehead atoms. The third-order valence-corrected chi connectivity index (χ3v) is 3.67. The molecular weight excluding hydrogens is 286 g/mol. The molecule has 22 heavy (non-hydrogen) atoms. The van der Waals surface area contributed by atoms with Gasteiger partial charge in [-0.05, 0) is 6.92 Å². The summed E-state index contributed by atoms with van der Waals surface area (Å²) in [5.41, 5.74) is 0.713. The van der Waals surface area contributed by atoms with Gasteiger partial charge in [-0.25, -0.2) is 0 Å². The first-order chi connectivity index (χ1) is 10.7. The second-order valence-corrected chi connectivity index (χ2v) is 5.34. The number of hydrogen-bond acceptors (Lipinski definition) is 7. The maximum atomic E-state index is 12.3. The molecule has 3 rings (SSSR count). The van der Waals surface area contributed by atoms with Crippen LogP contribution in [0.1, 0.15) is 35.0 Å². The zero-order valence-electron chi connectivity index (χ0n) is 12.8. The second-order valence-electron chi connectivity index (χ2n) is 5.34. The lowest BCUT2D eigenvalue weighted by Gasteiger charge is -2.33. The van der Waals surface area contributed by atoms with Crippen LogP contribution < -0.4 is 0 Å². The molecule has 0 radical (unpaired) electrons. The molecule has 1 fully saturated rings. The van der Waals surface area contributed by atoms with Gasteiger partial charge in [0.1, 0.15) is 0 Å². The van der Waals surface area contributed by atoms with Gasteiger partial charge in [0.15, 0.2) is 0 Å². The molecule has 0 spiro atoms. The molecule has 1 aliphatic rings. The smallest absolute Gasteiger partial charge is 0.292 e. The van der Waals surface area contributed by atoms with Gasteiger partial charge in [0.25, 0.3) is 5.91 Å². The van der Waals surface area contributed by atoms with E-state index < -0.39 is 0 Å². The molecule has 8 nitrogen and oxygen atoms in total. The van der Waals surface area contributed by atoms with E-state index in [2.05, 4.69) is 20.3 Å². The topological polar surface area (TPSA) is 88.5 Å². The fourth-order valence-corrected chi connectivity index (χ4v) is 2.42. The highest BCUT2D eigenvalue weighted by atomic mass is 16.5. The van der Waals surface area contributed by atoms with E-state index in [1.54, 1.807) is 17.9 Å². The molecule has 8 heteroatoms. The van der Waals surface area contributed by atoms with E-state index in [-0.39, 0.29) is 5.91 Å². The summed E-state index contributed by atoms with van der Waals surface area (Å²) in [6.07, 6.45) is 0.742. The Morgan fingerprint density at radius 1 is 1.23 bits per heavy atom. The van der Waals surface area contributed by atoms with Gasteiger partial charge in [0, 0.05) is 38.7 Å². The summed E-state index contributed by atoms with van der Waals surface area (Å²) < 4.78 is 10.5. The van der Waals surface area contributed by atoms with E-state index in [0.717, 1.165) is 19.5 Å². The van der Waals surface area contributed by atoms with Crippen molar-refractivity contribution >= 4 is 5.91 Å². The monoisotopic (exact) mass is 305 g/mol. The van der Waals surface area contributed by atoms with E-state index in [9.17, 15) is 4.79 Å². The summed E-state index contributed by atoms with van der Waals surface area (Å²) in [5, 5.41) is 11.7. The van der Waals surface area contributed by atoms with Gasteiger partial charge in [-0.3, -0.25) is 9.69 Å². The van der Waals surface area contributed by atoms with Gasteiger partial charge in [0.05, 0.1) is 12.2 Å². The van der Waals surface area contributed by atoms with Gasteiger partial charge in [-0.2, -0.15) is 0 Å². The highest BCUT2D eigenvalue weighted by Gasteiger charge is 2.25. The fraction of sp³-hybridized carbons (Fsp3) is 0.571. The van der Waals surface area contributed by atoms with Crippen LogP contribution in [0.2, 0.25) is 0 Å². The van der Waals surface area contributed by atoms with Gasteiger partial charge in [-0.15, -0.1) is 10.2 Å². The summed E-state index contributed by atoms with van der Waals surface area (Å²) in [6, 6.07) is 1.67. The number of nitrogens with zero attached hydrogens (tertiary/aromatic N) is 5. The van der Waals surface area contributed by atoms with Crippen LogP contribution >= 0.6 is 0 Å². The number of carbonyl (C=O) groups excluding carboxylic acids is 1. The van der Waals surface area contributed by atoms with Crippen molar-refractivity contribution in [1.29, 1.82) is 0 Å². The molecule has 1 saturated heterocycles. The number of rotatable bonds is 4. The molecule has 118 valence electrons. The summed E-state index contributed by atoms with van der Waals surface area (Å²) in [6.45, 7) is 7.22. The van der Waals surface area contributed by atoms with Crippen LogP contribution in [0.5, 0.6) is 0 Å². The Balaban J connectivity index is 1.52. The SMILES string of the molecule is CCc1nnc(CN2CCN(C(=O)c3cc(C)no3)CC2)o1. The van der Waals surface area contributed by atoms with Crippen LogP contribution in [0.15, 0.2) is 15.0 Å². The molecule has 2 aromatic rings. The summed E-state index contributed by atoms with van der Waals surface area (Å²) in [4.78, 5) is 16.2. The normalized spacial score (nSPS) is 16.2. The Morgan fingerprint density at radius 2 is 1.95 bits per heavy atom. The van der Waals surface area contributed by atoms with Crippen molar-refractivity contribution in [2.45, 2.75) is 26.8 Å². The average Bonchev–Trinajstić information content (AvgIpc) is 3.16. The Kier molecular flexibility index (Phi) is 4.19. The average molecular weight is 305 g/mol. The number of carbonyl (C=O) groups is 1. The van der Waals surface area contributed by atoms with Crippen molar-refractivity contribution in [2.75, 3.05) is 26.2 Å². The van der Waals surface area contributed by atoms with Crippen molar-refractivity contribution in [3.8, 4) is 0 Å². The molecule has 0 atom stereocenters. The molecule has 0 saturated carbocycles. The van der Waals surface area contributed by atoms with Gasteiger partial charge in [-0.1, -0.05) is 12.1 Å². The maximum Gasteiger partial charge on any atom is 0.292 e. The quantitative estimate of drug-likeness (QED) is 0.828. The maximum absolute atomic E-state index is 12.3. The van der Waals surface area contributed by atoms with Crippen molar-refractivity contribution < 1.29 is 13.7 Å². The Labute approximate surface area is 128 Å². The molecule has 3 heterocycles. The minimum atomic E-state index is -0.105. The van der Waals surface area contributed by atoms with Crippen molar-refractivity contribution in [3.05, 3.63) is 29.3 Å². The predicted molar refractivity (Wildman–Crippen MR) is 76.1 cm³/mol. The van der Waals surface area contributed by atoms with Crippen LogP contribution in [0.4, 0.5) is 0 Å². The molecule has 0 N–H and O–H groups in total. The van der Waals surface area contributed by atoms with Crippen LogP contribution in [0.25, 0.3) is 0 Å². The van der Waals surface area contributed by atoms with Crippen LogP contribution in [-0.2, 0) is 13.0 Å². The zero-order chi connectivity index (χ0) is 15.5. The lowest BCUT2D eigenvalue weighted by atomic mass is 10.2. The minimum Gasteiger partial charge on any atom is -0.424 e. The first-order valence-electron chi connectivity index (χ1n) is 7.42. The molecular formula is C14H19N5O3. The Bertz CT molecular complexity index is 642. The number of aromatic nitrogens is 3. The van der Waals surface area contributed by atoms with E-state index in [1.807, 2.05) is 6.92 Å². The van der Waals surface area contributed by atoms with Gasteiger partial charge < -0.3 is 13.8 Å². The van der Waals surface area contributed by atoms with Crippen molar-refractivity contribution in [3.63, 3.8) is 0 Å². The minimum absolute atomic E-state index is 0.105.